The van der Waals surface area contributed by atoms with Crippen molar-refractivity contribution >= 4 is 21.7 Å². The Bertz CT molecular complexity index is 1090. The van der Waals surface area contributed by atoms with Gasteiger partial charge in [-0.15, -0.1) is 0 Å². The van der Waals surface area contributed by atoms with Crippen molar-refractivity contribution in [3.8, 4) is 0 Å². The molecule has 1 saturated heterocycles. The van der Waals surface area contributed by atoms with Gasteiger partial charge in [-0.1, -0.05) is 54.2 Å². The molecule has 1 aromatic carbocycles. The van der Waals surface area contributed by atoms with Crippen molar-refractivity contribution in [1.82, 2.24) is 15.5 Å². The first-order valence-electron chi connectivity index (χ1n) is 12.4. The number of sulfone groups is 1. The van der Waals surface area contributed by atoms with E-state index in [2.05, 4.69) is 17.2 Å². The molecule has 36 heavy (non-hydrogen) atoms. The Morgan fingerprint density at radius 3 is 2.56 bits per heavy atom. The van der Waals surface area contributed by atoms with Gasteiger partial charge in [0.2, 0.25) is 5.91 Å². The molecule has 2 aliphatic rings. The molecule has 1 aliphatic heterocycles. The molecule has 2 fully saturated rings. The van der Waals surface area contributed by atoms with E-state index in [1.165, 1.54) is 0 Å². The van der Waals surface area contributed by atoms with Crippen LogP contribution in [-0.2, 0) is 19.4 Å². The minimum absolute atomic E-state index is 0.121. The molecule has 1 saturated carbocycles. The monoisotopic (exact) mass is 515 g/mol. The number of benzene rings is 1. The molecule has 3 atom stereocenters. The molecule has 1 unspecified atom stereocenters. The van der Waals surface area contributed by atoms with Crippen LogP contribution in [0.2, 0.25) is 0 Å². The summed E-state index contributed by atoms with van der Waals surface area (Å²) in [6, 6.07) is 7.50. The van der Waals surface area contributed by atoms with Gasteiger partial charge < -0.3 is 20.3 Å². The lowest BCUT2D eigenvalue weighted by atomic mass is 10.1. The number of carbonyl (C=O) groups is 2. The maximum absolute atomic E-state index is 13.1. The van der Waals surface area contributed by atoms with Gasteiger partial charge in [0.15, 0.2) is 9.84 Å². The van der Waals surface area contributed by atoms with Gasteiger partial charge in [-0.25, -0.2) is 8.42 Å². The molecule has 8 nitrogen and oxygen atoms in total. The van der Waals surface area contributed by atoms with Crippen LogP contribution in [0.1, 0.15) is 30.6 Å². The summed E-state index contributed by atoms with van der Waals surface area (Å²) in [7, 11) is -3.62. The van der Waals surface area contributed by atoms with Gasteiger partial charge in [0.25, 0.3) is 5.91 Å². The van der Waals surface area contributed by atoms with Crippen LogP contribution in [0.15, 0.2) is 66.3 Å². The molecule has 0 spiro atoms. The SMILES string of the molecule is C=C(/C=C\C(C)=C/C)[C@@H]1CC1NCCS(=O)(=O)C[C@@H](NC(=O)c1ccccc1)C(=O)N1CCOCC1. The topological polar surface area (TPSA) is 105 Å². The van der Waals surface area contributed by atoms with E-state index >= 15 is 0 Å². The first kappa shape index (κ1) is 27.8. The summed E-state index contributed by atoms with van der Waals surface area (Å²) in [6.07, 6.45) is 6.98. The first-order valence-corrected chi connectivity index (χ1v) is 14.2. The molecule has 1 aromatic rings. The normalized spacial score (nSPS) is 21.3. The summed E-state index contributed by atoms with van der Waals surface area (Å²) in [5, 5.41) is 5.94. The zero-order chi connectivity index (χ0) is 26.1. The van der Waals surface area contributed by atoms with Gasteiger partial charge in [0.05, 0.1) is 24.7 Å². The number of nitrogens with zero attached hydrogens (tertiary/aromatic N) is 1. The van der Waals surface area contributed by atoms with E-state index in [4.69, 9.17) is 4.74 Å². The highest BCUT2D eigenvalue weighted by Crippen LogP contribution is 2.37. The molecule has 0 bridgehead atoms. The van der Waals surface area contributed by atoms with Crippen LogP contribution in [-0.4, -0.2) is 81.6 Å². The van der Waals surface area contributed by atoms with Gasteiger partial charge in [-0.3, -0.25) is 9.59 Å². The lowest BCUT2D eigenvalue weighted by molar-refractivity contribution is -0.136. The van der Waals surface area contributed by atoms with Gasteiger partial charge in [-0.05, 0) is 32.4 Å². The van der Waals surface area contributed by atoms with Crippen LogP contribution in [0.4, 0.5) is 0 Å². The molecule has 0 aromatic heterocycles. The number of hydrogen-bond acceptors (Lipinski definition) is 6. The Kier molecular flexibility index (Phi) is 10.0. The van der Waals surface area contributed by atoms with Crippen molar-refractivity contribution < 1.29 is 22.7 Å². The third kappa shape index (κ3) is 8.43. The third-order valence-corrected chi connectivity index (χ3v) is 8.15. The number of hydrogen-bond donors (Lipinski definition) is 2. The van der Waals surface area contributed by atoms with Crippen LogP contribution in [0.3, 0.4) is 0 Å². The molecular formula is C27H37N3O5S. The van der Waals surface area contributed by atoms with Gasteiger partial charge >= 0.3 is 0 Å². The quantitative estimate of drug-likeness (QED) is 0.413. The van der Waals surface area contributed by atoms with Crippen molar-refractivity contribution in [2.75, 3.05) is 44.4 Å². The third-order valence-electron chi connectivity index (χ3n) is 6.48. The second-order valence-electron chi connectivity index (χ2n) is 9.29. The van der Waals surface area contributed by atoms with E-state index in [0.717, 1.165) is 17.6 Å². The lowest BCUT2D eigenvalue weighted by Gasteiger charge is -2.30. The van der Waals surface area contributed by atoms with Crippen molar-refractivity contribution in [1.29, 1.82) is 0 Å². The molecule has 2 amide bonds. The van der Waals surface area contributed by atoms with E-state index in [9.17, 15) is 18.0 Å². The zero-order valence-corrected chi connectivity index (χ0v) is 21.9. The molecule has 1 aliphatic carbocycles. The Labute approximate surface area is 214 Å². The molecule has 1 heterocycles. The van der Waals surface area contributed by atoms with E-state index < -0.39 is 33.4 Å². The molecule has 9 heteroatoms. The maximum Gasteiger partial charge on any atom is 0.251 e. The number of ether oxygens (including phenoxy) is 1. The predicted octanol–water partition coefficient (Wildman–Crippen LogP) is 2.12. The Morgan fingerprint density at radius 1 is 1.19 bits per heavy atom. The molecular weight excluding hydrogens is 478 g/mol. The highest BCUT2D eigenvalue weighted by molar-refractivity contribution is 7.91. The first-order chi connectivity index (χ1) is 17.2. The molecule has 0 radical (unpaired) electrons. The van der Waals surface area contributed by atoms with E-state index in [0.29, 0.717) is 37.8 Å². The Hall–Kier alpha value is -2.75. The van der Waals surface area contributed by atoms with Gasteiger partial charge in [-0.2, -0.15) is 0 Å². The summed E-state index contributed by atoms with van der Waals surface area (Å²) in [5.74, 6) is -1.15. The second kappa shape index (κ2) is 13.0. The molecule has 196 valence electrons. The van der Waals surface area contributed by atoms with Crippen molar-refractivity contribution in [2.45, 2.75) is 32.4 Å². The smallest absolute Gasteiger partial charge is 0.251 e. The average Bonchev–Trinajstić information content (AvgIpc) is 3.66. The number of nitrogens with one attached hydrogen (secondary N) is 2. The largest absolute Gasteiger partial charge is 0.378 e. The fraction of sp³-hybridized carbons (Fsp3) is 0.481. The fourth-order valence-corrected chi connectivity index (χ4v) is 5.37. The number of morpholine rings is 1. The van der Waals surface area contributed by atoms with E-state index in [1.54, 1.807) is 35.2 Å². The predicted molar refractivity (Wildman–Crippen MR) is 141 cm³/mol. The number of rotatable bonds is 12. The number of carbonyl (C=O) groups excluding carboxylic acids is 2. The van der Waals surface area contributed by atoms with E-state index in [1.807, 2.05) is 32.1 Å². The van der Waals surface area contributed by atoms with Crippen molar-refractivity contribution in [3.05, 3.63) is 71.8 Å². The maximum atomic E-state index is 13.1. The van der Waals surface area contributed by atoms with Crippen molar-refractivity contribution in [3.63, 3.8) is 0 Å². The van der Waals surface area contributed by atoms with E-state index in [-0.39, 0.29) is 18.3 Å². The Morgan fingerprint density at radius 2 is 1.89 bits per heavy atom. The van der Waals surface area contributed by atoms with Gasteiger partial charge in [0, 0.05) is 37.2 Å². The average molecular weight is 516 g/mol. The summed E-state index contributed by atoms with van der Waals surface area (Å²) < 4.78 is 31.2. The Balaban J connectivity index is 1.56. The van der Waals surface area contributed by atoms with Gasteiger partial charge in [0.1, 0.15) is 6.04 Å². The number of allylic oxidation sites excluding steroid dienone is 4. The molecule has 2 N–H and O–H groups in total. The molecule has 3 rings (SSSR count). The summed E-state index contributed by atoms with van der Waals surface area (Å²) in [5.41, 5.74) is 2.55. The number of amides is 2. The highest BCUT2D eigenvalue weighted by Gasteiger charge is 2.38. The zero-order valence-electron chi connectivity index (χ0n) is 21.1. The minimum Gasteiger partial charge on any atom is -0.378 e. The minimum atomic E-state index is -3.62. The van der Waals surface area contributed by atoms with Crippen LogP contribution in [0, 0.1) is 5.92 Å². The summed E-state index contributed by atoms with van der Waals surface area (Å²) in [4.78, 5) is 27.4. The standard InChI is InChI=1S/C27H37N3O5S/c1-4-20(2)10-11-21(3)23-18-24(23)28-12-17-36(33,34)19-25(27(32)30-13-15-35-16-14-30)29-26(31)22-8-6-5-7-9-22/h4-11,23-25,28H,3,12-19H2,1-2H3,(H,29,31)/b11-10-,20-4-/t23-,24?,25+/m0/s1. The van der Waals surface area contributed by atoms with Crippen LogP contribution >= 0.6 is 0 Å². The highest BCUT2D eigenvalue weighted by atomic mass is 32.2. The van der Waals surface area contributed by atoms with Crippen LogP contribution in [0.5, 0.6) is 0 Å². The van der Waals surface area contributed by atoms with Crippen LogP contribution < -0.4 is 10.6 Å². The second-order valence-corrected chi connectivity index (χ2v) is 11.5. The summed E-state index contributed by atoms with van der Waals surface area (Å²) >= 11 is 0. The van der Waals surface area contributed by atoms with Crippen molar-refractivity contribution in [2.24, 2.45) is 5.92 Å². The van der Waals surface area contributed by atoms with Crippen LogP contribution in [0.25, 0.3) is 0 Å². The summed E-state index contributed by atoms with van der Waals surface area (Å²) in [6.45, 7) is 9.92. The lowest BCUT2D eigenvalue weighted by Crippen LogP contribution is -2.54. The fourth-order valence-electron chi connectivity index (χ4n) is 4.04.